The van der Waals surface area contributed by atoms with Gasteiger partial charge in [-0.25, -0.2) is 0 Å². The first-order valence-corrected chi connectivity index (χ1v) is 10.7. The van der Waals surface area contributed by atoms with E-state index in [1.54, 1.807) is 20.2 Å². The molecule has 1 aliphatic heterocycles. The van der Waals surface area contributed by atoms with Crippen LogP contribution < -0.4 is 10.6 Å². The number of nitrogens with zero attached hydrogens (tertiary/aromatic N) is 2. The van der Waals surface area contributed by atoms with Crippen molar-refractivity contribution in [2.45, 2.75) is 30.9 Å². The van der Waals surface area contributed by atoms with E-state index in [1.165, 1.54) is 12.1 Å². The number of alkyl halides is 3. The molecule has 2 N–H and O–H groups in total. The summed E-state index contributed by atoms with van der Waals surface area (Å²) in [6.07, 6.45) is -2.08. The van der Waals surface area contributed by atoms with Crippen molar-refractivity contribution >= 4 is 5.96 Å². The topological polar surface area (TPSA) is 58.1 Å². The number of aliphatic imine (C=N–C) groups is 1. The summed E-state index contributed by atoms with van der Waals surface area (Å²) >= 11 is 0. The van der Waals surface area contributed by atoms with Gasteiger partial charge < -0.3 is 25.0 Å². The van der Waals surface area contributed by atoms with E-state index < -0.39 is 17.2 Å². The molecule has 1 fully saturated rings. The molecule has 2 rings (SSSR count). The first kappa shape index (κ1) is 25.4. The van der Waals surface area contributed by atoms with Crippen LogP contribution in [-0.4, -0.2) is 78.1 Å². The van der Waals surface area contributed by atoms with Crippen LogP contribution in [0.1, 0.15) is 30.4 Å². The third kappa shape index (κ3) is 7.97. The zero-order valence-electron chi connectivity index (χ0n) is 18.7. The number of hydrogen-bond donors (Lipinski definition) is 2. The van der Waals surface area contributed by atoms with Crippen molar-refractivity contribution in [2.24, 2.45) is 4.99 Å². The Labute approximate surface area is 183 Å². The van der Waals surface area contributed by atoms with Crippen molar-refractivity contribution in [3.05, 3.63) is 35.4 Å². The fraction of sp³-hybridized carbons (Fsp3) is 0.682. The van der Waals surface area contributed by atoms with Crippen molar-refractivity contribution < 1.29 is 22.6 Å². The molecule has 0 aliphatic carbocycles. The van der Waals surface area contributed by atoms with Gasteiger partial charge in [0.05, 0.1) is 5.56 Å². The van der Waals surface area contributed by atoms with Gasteiger partial charge in [-0.3, -0.25) is 4.99 Å². The van der Waals surface area contributed by atoms with E-state index in [1.807, 2.05) is 0 Å². The van der Waals surface area contributed by atoms with Gasteiger partial charge in [-0.1, -0.05) is 18.2 Å². The minimum Gasteiger partial charge on any atom is -0.385 e. The van der Waals surface area contributed by atoms with Crippen molar-refractivity contribution in [2.75, 3.05) is 67.2 Å². The molecule has 0 bridgehead atoms. The Balaban J connectivity index is 1.98. The van der Waals surface area contributed by atoms with Gasteiger partial charge >= 0.3 is 6.18 Å². The highest BCUT2D eigenvalue weighted by atomic mass is 19.4. The molecule has 0 spiro atoms. The summed E-state index contributed by atoms with van der Waals surface area (Å²) in [6.45, 7) is 4.77. The molecular weight excluding hydrogens is 409 g/mol. The highest BCUT2D eigenvalue weighted by Gasteiger charge is 2.37. The fourth-order valence-electron chi connectivity index (χ4n) is 3.78. The maximum Gasteiger partial charge on any atom is 0.416 e. The van der Waals surface area contributed by atoms with Gasteiger partial charge in [0.1, 0.15) is 0 Å². The third-order valence-corrected chi connectivity index (χ3v) is 5.74. The van der Waals surface area contributed by atoms with E-state index in [0.29, 0.717) is 50.7 Å². The highest BCUT2D eigenvalue weighted by molar-refractivity contribution is 5.79. The number of rotatable bonds is 10. The fourth-order valence-corrected chi connectivity index (χ4v) is 3.78. The molecule has 0 saturated carbocycles. The summed E-state index contributed by atoms with van der Waals surface area (Å²) < 4.78 is 50.3. The molecule has 9 heteroatoms. The quantitative estimate of drug-likeness (QED) is 0.330. The van der Waals surface area contributed by atoms with E-state index in [-0.39, 0.29) is 0 Å². The van der Waals surface area contributed by atoms with Crippen molar-refractivity contribution in [1.29, 1.82) is 0 Å². The second kappa shape index (κ2) is 12.3. The van der Waals surface area contributed by atoms with Crippen LogP contribution >= 0.6 is 0 Å². The van der Waals surface area contributed by atoms with Gasteiger partial charge in [-0.2, -0.15) is 13.2 Å². The third-order valence-electron chi connectivity index (χ3n) is 5.74. The molecule has 0 amide bonds. The standard InChI is InChI=1S/C22H35F3N4O2/c1-26-20(27-10-12-29(2)11-5-13-30-3)28-17-21(8-14-31-15-9-21)18-6-4-7-19(16-18)22(23,24)25/h4,6-7,16H,5,8-15,17H2,1-3H3,(H2,26,27,28). The molecule has 0 unspecified atom stereocenters. The normalized spacial score (nSPS) is 17.1. The molecule has 1 aliphatic rings. The second-order valence-corrected chi connectivity index (χ2v) is 7.97. The molecule has 176 valence electrons. The lowest BCUT2D eigenvalue weighted by molar-refractivity contribution is -0.137. The second-order valence-electron chi connectivity index (χ2n) is 7.97. The molecule has 1 saturated heterocycles. The molecule has 1 aromatic rings. The maximum absolute atomic E-state index is 13.3. The number of nitrogens with one attached hydrogen (secondary N) is 2. The average Bonchev–Trinajstić information content (AvgIpc) is 2.76. The average molecular weight is 445 g/mol. The van der Waals surface area contributed by atoms with E-state index in [2.05, 4.69) is 27.6 Å². The Morgan fingerprint density at radius 1 is 1.23 bits per heavy atom. The van der Waals surface area contributed by atoms with E-state index in [4.69, 9.17) is 9.47 Å². The number of methoxy groups -OCH3 is 1. The SMILES string of the molecule is CN=C(NCCN(C)CCCOC)NCC1(c2cccc(C(F)(F)F)c2)CCOCC1. The Kier molecular flexibility index (Phi) is 10.1. The molecule has 0 aromatic heterocycles. The number of guanidine groups is 1. The van der Waals surface area contributed by atoms with Crippen LogP contribution in [0.5, 0.6) is 0 Å². The number of halogens is 3. The Morgan fingerprint density at radius 3 is 2.61 bits per heavy atom. The van der Waals surface area contributed by atoms with E-state index in [9.17, 15) is 13.2 Å². The molecule has 1 heterocycles. The number of hydrogen-bond acceptors (Lipinski definition) is 4. The van der Waals surface area contributed by atoms with E-state index in [0.717, 1.165) is 32.2 Å². The highest BCUT2D eigenvalue weighted by Crippen LogP contribution is 2.37. The number of likely N-dealkylation sites (N-methyl/N-ethyl adjacent to an activating group) is 1. The van der Waals surface area contributed by atoms with Crippen LogP contribution in [0.2, 0.25) is 0 Å². The molecule has 0 radical (unpaired) electrons. The van der Waals surface area contributed by atoms with Gasteiger partial charge in [0.25, 0.3) is 0 Å². The molecule has 0 atom stereocenters. The summed E-state index contributed by atoms with van der Waals surface area (Å²) in [5, 5.41) is 6.62. The Morgan fingerprint density at radius 2 is 1.97 bits per heavy atom. The summed E-state index contributed by atoms with van der Waals surface area (Å²) in [5.74, 6) is 0.642. The molecule has 6 nitrogen and oxygen atoms in total. The van der Waals surface area contributed by atoms with Crippen LogP contribution in [0.25, 0.3) is 0 Å². The predicted octanol–water partition coefficient (Wildman–Crippen LogP) is 2.89. The lowest BCUT2D eigenvalue weighted by Crippen LogP contribution is -2.49. The van der Waals surface area contributed by atoms with Crippen LogP contribution in [-0.2, 0) is 21.1 Å². The molecular formula is C22H35F3N4O2. The number of ether oxygens (including phenoxy) is 2. The van der Waals surface area contributed by atoms with Crippen LogP contribution in [0.3, 0.4) is 0 Å². The first-order chi connectivity index (χ1) is 14.8. The zero-order valence-corrected chi connectivity index (χ0v) is 18.7. The summed E-state index contributed by atoms with van der Waals surface area (Å²) in [7, 11) is 5.44. The van der Waals surface area contributed by atoms with Crippen molar-refractivity contribution in [1.82, 2.24) is 15.5 Å². The van der Waals surface area contributed by atoms with Gasteiger partial charge in [0, 0.05) is 65.6 Å². The lowest BCUT2D eigenvalue weighted by atomic mass is 9.73. The van der Waals surface area contributed by atoms with Gasteiger partial charge in [0.2, 0.25) is 0 Å². The van der Waals surface area contributed by atoms with Gasteiger partial charge in [-0.05, 0) is 37.9 Å². The largest absolute Gasteiger partial charge is 0.416 e. The van der Waals surface area contributed by atoms with E-state index >= 15 is 0 Å². The predicted molar refractivity (Wildman–Crippen MR) is 117 cm³/mol. The monoisotopic (exact) mass is 444 g/mol. The van der Waals surface area contributed by atoms with Gasteiger partial charge in [0.15, 0.2) is 5.96 Å². The summed E-state index contributed by atoms with van der Waals surface area (Å²) in [5.41, 5.74) is -0.366. The Bertz CT molecular complexity index is 692. The van der Waals surface area contributed by atoms with Crippen LogP contribution in [0, 0.1) is 0 Å². The minimum atomic E-state index is -4.36. The van der Waals surface area contributed by atoms with Crippen molar-refractivity contribution in [3.63, 3.8) is 0 Å². The van der Waals surface area contributed by atoms with Crippen LogP contribution in [0.4, 0.5) is 13.2 Å². The first-order valence-electron chi connectivity index (χ1n) is 10.7. The summed E-state index contributed by atoms with van der Waals surface area (Å²) in [6, 6.07) is 5.67. The molecule has 31 heavy (non-hydrogen) atoms. The zero-order chi connectivity index (χ0) is 22.7. The smallest absolute Gasteiger partial charge is 0.385 e. The molecule has 1 aromatic carbocycles. The van der Waals surface area contributed by atoms with Crippen LogP contribution in [0.15, 0.2) is 29.3 Å². The minimum absolute atomic E-state index is 0.436. The van der Waals surface area contributed by atoms with Gasteiger partial charge in [-0.15, -0.1) is 0 Å². The summed E-state index contributed by atoms with van der Waals surface area (Å²) in [4.78, 5) is 6.48. The maximum atomic E-state index is 13.3. The lowest BCUT2D eigenvalue weighted by Gasteiger charge is -2.38. The van der Waals surface area contributed by atoms with Crippen molar-refractivity contribution in [3.8, 4) is 0 Å². The number of benzene rings is 1. The Hall–Kier alpha value is -1.84.